The smallest absolute Gasteiger partial charge is 0.408 e. The molecule has 176 valence electrons. The molecule has 1 aromatic heterocycles. The molecule has 1 heterocycles. The molecular weight excluding hydrogens is 422 g/mol. The van der Waals surface area contributed by atoms with Crippen LogP contribution in [0, 0.1) is 5.92 Å². The molecular formula is C24H31N5O4. The van der Waals surface area contributed by atoms with Crippen LogP contribution in [0.3, 0.4) is 0 Å². The Bertz CT molecular complexity index is 1150. The molecule has 0 spiro atoms. The summed E-state index contributed by atoms with van der Waals surface area (Å²) in [7, 11) is 3.85. The van der Waals surface area contributed by atoms with Crippen LogP contribution >= 0.6 is 0 Å². The van der Waals surface area contributed by atoms with Gasteiger partial charge in [-0.2, -0.15) is 0 Å². The Balaban J connectivity index is 1.68. The number of amides is 3. The molecule has 0 fully saturated rings. The maximum Gasteiger partial charge on any atom is 0.419 e. The van der Waals surface area contributed by atoms with Gasteiger partial charge in [-0.25, -0.2) is 9.59 Å². The number of urea groups is 1. The number of anilines is 1. The van der Waals surface area contributed by atoms with Crippen LogP contribution in [0.4, 0.5) is 10.5 Å². The maximum atomic E-state index is 13.0. The van der Waals surface area contributed by atoms with Gasteiger partial charge < -0.3 is 25.3 Å². The zero-order valence-corrected chi connectivity index (χ0v) is 19.4. The minimum atomic E-state index is -0.739. The first-order valence-corrected chi connectivity index (χ1v) is 10.9. The van der Waals surface area contributed by atoms with E-state index in [1.54, 1.807) is 22.8 Å². The van der Waals surface area contributed by atoms with Gasteiger partial charge in [-0.3, -0.25) is 9.36 Å². The van der Waals surface area contributed by atoms with Crippen molar-refractivity contribution < 1.29 is 14.0 Å². The number of fused-ring (bicyclic) bond motifs is 1. The van der Waals surface area contributed by atoms with E-state index in [1.807, 2.05) is 63.2 Å². The standard InChI is InChI=1S/C24H31N5O4/c1-16(2)21(27-23(31)25-15-17-8-6-5-7-9-17)22(30)26-18-10-11-20-19(14-18)29(24(32)33-20)13-12-28(3)4/h5-11,14,16,21H,12-13,15H2,1-4H3,(H,26,30)(H2,25,27,31). The lowest BCUT2D eigenvalue weighted by atomic mass is 10.0. The SMILES string of the molecule is CC(C)C(NC(=O)NCc1ccccc1)C(=O)Nc1ccc2oc(=O)n(CCN(C)C)c2c1. The number of hydrogen-bond donors (Lipinski definition) is 3. The summed E-state index contributed by atoms with van der Waals surface area (Å²) in [4.78, 5) is 39.5. The number of aromatic nitrogens is 1. The molecule has 0 bridgehead atoms. The number of nitrogens with zero attached hydrogens (tertiary/aromatic N) is 2. The fourth-order valence-corrected chi connectivity index (χ4v) is 3.38. The second kappa shape index (κ2) is 10.8. The summed E-state index contributed by atoms with van der Waals surface area (Å²) in [6.07, 6.45) is 0. The summed E-state index contributed by atoms with van der Waals surface area (Å²) in [5.74, 6) is -0.916. The average Bonchev–Trinajstić information content (AvgIpc) is 3.09. The van der Waals surface area contributed by atoms with Crippen molar-refractivity contribution in [2.45, 2.75) is 33.0 Å². The Kier molecular flexibility index (Phi) is 7.89. The molecule has 33 heavy (non-hydrogen) atoms. The van der Waals surface area contributed by atoms with Gasteiger partial charge in [0.25, 0.3) is 0 Å². The number of carbonyl (C=O) groups is 2. The molecule has 0 radical (unpaired) electrons. The number of rotatable bonds is 9. The highest BCUT2D eigenvalue weighted by molar-refractivity contribution is 5.98. The highest BCUT2D eigenvalue weighted by Gasteiger charge is 2.24. The molecule has 9 heteroatoms. The van der Waals surface area contributed by atoms with E-state index < -0.39 is 17.8 Å². The summed E-state index contributed by atoms with van der Waals surface area (Å²) < 4.78 is 6.85. The predicted octanol–water partition coefficient (Wildman–Crippen LogP) is 2.62. The number of hydrogen-bond acceptors (Lipinski definition) is 5. The van der Waals surface area contributed by atoms with Gasteiger partial charge in [-0.05, 0) is 43.8 Å². The van der Waals surface area contributed by atoms with Gasteiger partial charge in [-0.1, -0.05) is 44.2 Å². The molecule has 0 saturated heterocycles. The zero-order chi connectivity index (χ0) is 24.0. The number of likely N-dealkylation sites (N-methyl/N-ethyl adjacent to an activating group) is 1. The van der Waals surface area contributed by atoms with Gasteiger partial charge in [-0.15, -0.1) is 0 Å². The van der Waals surface area contributed by atoms with E-state index in [4.69, 9.17) is 4.42 Å². The van der Waals surface area contributed by atoms with E-state index in [0.717, 1.165) is 5.56 Å². The molecule has 0 aliphatic heterocycles. The summed E-state index contributed by atoms with van der Waals surface area (Å²) >= 11 is 0. The van der Waals surface area contributed by atoms with Crippen LogP contribution in [0.5, 0.6) is 0 Å². The first kappa shape index (κ1) is 24.1. The third-order valence-electron chi connectivity index (χ3n) is 5.24. The third-order valence-corrected chi connectivity index (χ3v) is 5.24. The van der Waals surface area contributed by atoms with Crippen molar-refractivity contribution in [1.82, 2.24) is 20.1 Å². The zero-order valence-electron chi connectivity index (χ0n) is 19.4. The summed E-state index contributed by atoms with van der Waals surface area (Å²) in [6.45, 7) is 5.22. The number of oxazole rings is 1. The van der Waals surface area contributed by atoms with E-state index in [-0.39, 0.29) is 11.8 Å². The van der Waals surface area contributed by atoms with Crippen LogP contribution in [-0.2, 0) is 17.9 Å². The molecule has 0 aliphatic carbocycles. The minimum absolute atomic E-state index is 0.136. The van der Waals surface area contributed by atoms with Gasteiger partial charge >= 0.3 is 11.8 Å². The van der Waals surface area contributed by atoms with E-state index in [0.29, 0.717) is 36.4 Å². The second-order valence-corrected chi connectivity index (χ2v) is 8.53. The van der Waals surface area contributed by atoms with Crippen LogP contribution < -0.4 is 21.7 Å². The summed E-state index contributed by atoms with van der Waals surface area (Å²) in [5.41, 5.74) is 2.54. The Morgan fingerprint density at radius 1 is 1.09 bits per heavy atom. The number of carbonyl (C=O) groups excluding carboxylic acids is 2. The van der Waals surface area contributed by atoms with Crippen LogP contribution in [-0.4, -0.2) is 48.1 Å². The first-order valence-electron chi connectivity index (χ1n) is 10.9. The molecule has 9 nitrogen and oxygen atoms in total. The lowest BCUT2D eigenvalue weighted by Gasteiger charge is -2.22. The molecule has 3 aromatic rings. The van der Waals surface area contributed by atoms with Crippen LogP contribution in [0.2, 0.25) is 0 Å². The van der Waals surface area contributed by atoms with Crippen molar-refractivity contribution in [1.29, 1.82) is 0 Å². The normalized spacial score (nSPS) is 12.2. The van der Waals surface area contributed by atoms with Crippen molar-refractivity contribution in [2.75, 3.05) is 26.0 Å². The van der Waals surface area contributed by atoms with Crippen LogP contribution in [0.25, 0.3) is 11.1 Å². The third kappa shape index (κ3) is 6.45. The second-order valence-electron chi connectivity index (χ2n) is 8.53. The molecule has 0 saturated carbocycles. The van der Waals surface area contributed by atoms with Crippen molar-refractivity contribution in [3.05, 3.63) is 64.6 Å². The van der Waals surface area contributed by atoms with Crippen molar-refractivity contribution in [3.8, 4) is 0 Å². The molecule has 3 rings (SSSR count). The van der Waals surface area contributed by atoms with Crippen molar-refractivity contribution >= 4 is 28.7 Å². The highest BCUT2D eigenvalue weighted by Crippen LogP contribution is 2.19. The maximum absolute atomic E-state index is 13.0. The van der Waals surface area contributed by atoms with E-state index in [2.05, 4.69) is 16.0 Å². The Morgan fingerprint density at radius 3 is 2.48 bits per heavy atom. The van der Waals surface area contributed by atoms with Crippen LogP contribution in [0.15, 0.2) is 57.7 Å². The minimum Gasteiger partial charge on any atom is -0.408 e. The number of benzene rings is 2. The van der Waals surface area contributed by atoms with Gasteiger partial charge in [0, 0.05) is 25.3 Å². The summed E-state index contributed by atoms with van der Waals surface area (Å²) in [5, 5.41) is 8.37. The highest BCUT2D eigenvalue weighted by atomic mass is 16.4. The molecule has 3 N–H and O–H groups in total. The Morgan fingerprint density at radius 2 is 1.82 bits per heavy atom. The molecule has 1 unspecified atom stereocenters. The van der Waals surface area contributed by atoms with Crippen molar-refractivity contribution in [2.24, 2.45) is 5.92 Å². The lowest BCUT2D eigenvalue weighted by molar-refractivity contribution is -0.118. The van der Waals surface area contributed by atoms with E-state index >= 15 is 0 Å². The molecule has 2 aromatic carbocycles. The quantitative estimate of drug-likeness (QED) is 0.462. The number of nitrogens with one attached hydrogen (secondary N) is 3. The fourth-order valence-electron chi connectivity index (χ4n) is 3.38. The van der Waals surface area contributed by atoms with Crippen molar-refractivity contribution in [3.63, 3.8) is 0 Å². The van der Waals surface area contributed by atoms with E-state index in [1.165, 1.54) is 0 Å². The van der Waals surface area contributed by atoms with Gasteiger partial charge in [0.05, 0.1) is 5.52 Å². The largest absolute Gasteiger partial charge is 0.419 e. The lowest BCUT2D eigenvalue weighted by Crippen LogP contribution is -2.50. The molecule has 0 aliphatic rings. The van der Waals surface area contributed by atoms with Crippen LogP contribution in [0.1, 0.15) is 19.4 Å². The Hall–Kier alpha value is -3.59. The monoisotopic (exact) mass is 453 g/mol. The van der Waals surface area contributed by atoms with Gasteiger partial charge in [0.15, 0.2) is 5.58 Å². The van der Waals surface area contributed by atoms with Gasteiger partial charge in [0.1, 0.15) is 6.04 Å². The van der Waals surface area contributed by atoms with Gasteiger partial charge in [0.2, 0.25) is 5.91 Å². The summed E-state index contributed by atoms with van der Waals surface area (Å²) in [6, 6.07) is 13.4. The predicted molar refractivity (Wildman–Crippen MR) is 128 cm³/mol. The molecule has 3 amide bonds. The van der Waals surface area contributed by atoms with E-state index in [9.17, 15) is 14.4 Å². The average molecular weight is 454 g/mol. The Labute approximate surface area is 192 Å². The molecule has 1 atom stereocenters. The first-order chi connectivity index (χ1) is 15.7. The fraction of sp³-hybridized carbons (Fsp3) is 0.375. The topological polar surface area (TPSA) is 109 Å².